The first-order valence-electron chi connectivity index (χ1n) is 7.77. The molecule has 25 heavy (non-hydrogen) atoms. The van der Waals surface area contributed by atoms with E-state index >= 15 is 0 Å². The second kappa shape index (κ2) is 6.71. The summed E-state index contributed by atoms with van der Waals surface area (Å²) in [6.45, 7) is 0.803. The van der Waals surface area contributed by atoms with Crippen LogP contribution in [0.15, 0.2) is 36.7 Å². The van der Waals surface area contributed by atoms with Gasteiger partial charge in [0.2, 0.25) is 0 Å². The maximum Gasteiger partial charge on any atom is 0.306 e. The number of carbonyl (C=O) groups excluding carboxylic acids is 1. The Bertz CT molecular complexity index is 806. The predicted molar refractivity (Wildman–Crippen MR) is 86.5 cm³/mol. The van der Waals surface area contributed by atoms with Crippen molar-refractivity contribution < 1.29 is 19.6 Å². The first-order valence-corrected chi connectivity index (χ1v) is 7.77. The van der Waals surface area contributed by atoms with Gasteiger partial charge >= 0.3 is 5.97 Å². The fraction of sp³-hybridized carbons (Fsp3) is 0.312. The highest BCUT2D eigenvalue weighted by Crippen LogP contribution is 2.20. The number of rotatable bonds is 4. The standard InChI is InChI=1S/C16H16N4O5/c21-15(18-7-5-11(6-8-18)16(22)23)12-9-17-19(10-12)13-1-3-14(4-2-13)20(24)25/h1-4,9-11H,5-8H2,(H,22,23). The Balaban J connectivity index is 1.70. The average Bonchev–Trinajstić information content (AvgIpc) is 3.11. The molecule has 130 valence electrons. The number of hydrogen-bond donors (Lipinski definition) is 1. The van der Waals surface area contributed by atoms with Gasteiger partial charge in [0.05, 0.1) is 28.3 Å². The van der Waals surface area contributed by atoms with Crippen molar-refractivity contribution in [1.29, 1.82) is 0 Å². The normalized spacial score (nSPS) is 15.1. The van der Waals surface area contributed by atoms with Gasteiger partial charge in [-0.25, -0.2) is 4.68 Å². The van der Waals surface area contributed by atoms with E-state index < -0.39 is 16.8 Å². The Morgan fingerprint density at radius 3 is 2.40 bits per heavy atom. The number of benzene rings is 1. The van der Waals surface area contributed by atoms with Crippen molar-refractivity contribution >= 4 is 17.6 Å². The number of carbonyl (C=O) groups is 2. The quantitative estimate of drug-likeness (QED) is 0.666. The molecule has 0 spiro atoms. The lowest BCUT2D eigenvalue weighted by Gasteiger charge is -2.29. The Labute approximate surface area is 142 Å². The van der Waals surface area contributed by atoms with Crippen molar-refractivity contribution in [3.63, 3.8) is 0 Å². The summed E-state index contributed by atoms with van der Waals surface area (Å²) in [6.07, 6.45) is 3.88. The molecule has 1 aliphatic rings. The molecular formula is C16H16N4O5. The summed E-state index contributed by atoms with van der Waals surface area (Å²) in [7, 11) is 0. The monoisotopic (exact) mass is 344 g/mol. The molecule has 1 amide bonds. The number of piperidine rings is 1. The molecule has 1 aromatic carbocycles. The number of amides is 1. The Morgan fingerprint density at radius 2 is 1.84 bits per heavy atom. The minimum Gasteiger partial charge on any atom is -0.481 e. The Kier molecular flexibility index (Phi) is 4.46. The van der Waals surface area contributed by atoms with E-state index in [1.165, 1.54) is 23.0 Å². The van der Waals surface area contributed by atoms with Gasteiger partial charge in [0.25, 0.3) is 11.6 Å². The number of carboxylic acids is 1. The highest BCUT2D eigenvalue weighted by Gasteiger charge is 2.28. The van der Waals surface area contributed by atoms with Crippen molar-refractivity contribution in [2.45, 2.75) is 12.8 Å². The van der Waals surface area contributed by atoms with Gasteiger partial charge in [0.15, 0.2) is 0 Å². The zero-order chi connectivity index (χ0) is 18.0. The summed E-state index contributed by atoms with van der Waals surface area (Å²) >= 11 is 0. The van der Waals surface area contributed by atoms with E-state index in [4.69, 9.17) is 5.11 Å². The number of non-ortho nitro benzene ring substituents is 1. The first kappa shape index (κ1) is 16.6. The van der Waals surface area contributed by atoms with Gasteiger partial charge < -0.3 is 10.0 Å². The molecule has 3 rings (SSSR count). The second-order valence-corrected chi connectivity index (χ2v) is 5.85. The van der Waals surface area contributed by atoms with Crippen LogP contribution in [0.3, 0.4) is 0 Å². The minimum atomic E-state index is -0.821. The van der Waals surface area contributed by atoms with Crippen LogP contribution in [0.1, 0.15) is 23.2 Å². The summed E-state index contributed by atoms with van der Waals surface area (Å²) < 4.78 is 1.47. The molecule has 0 bridgehead atoms. The van der Waals surface area contributed by atoms with Crippen LogP contribution in [0, 0.1) is 16.0 Å². The van der Waals surface area contributed by atoms with Crippen LogP contribution in [0.2, 0.25) is 0 Å². The summed E-state index contributed by atoms with van der Waals surface area (Å²) in [5, 5.41) is 23.8. The second-order valence-electron chi connectivity index (χ2n) is 5.85. The van der Waals surface area contributed by atoms with Crippen LogP contribution >= 0.6 is 0 Å². The lowest BCUT2D eigenvalue weighted by Crippen LogP contribution is -2.40. The van der Waals surface area contributed by atoms with Crippen molar-refractivity contribution in [3.05, 3.63) is 52.3 Å². The van der Waals surface area contributed by atoms with Gasteiger partial charge in [0, 0.05) is 31.4 Å². The van der Waals surface area contributed by atoms with Gasteiger partial charge in [-0.2, -0.15) is 5.10 Å². The average molecular weight is 344 g/mol. The van der Waals surface area contributed by atoms with Crippen LogP contribution in [-0.2, 0) is 4.79 Å². The molecule has 1 fully saturated rings. The van der Waals surface area contributed by atoms with E-state index in [2.05, 4.69) is 5.10 Å². The number of nitro benzene ring substituents is 1. The van der Waals surface area contributed by atoms with Crippen molar-refractivity contribution in [3.8, 4) is 5.69 Å². The van der Waals surface area contributed by atoms with Gasteiger partial charge in [-0.1, -0.05) is 0 Å². The van der Waals surface area contributed by atoms with E-state index in [1.807, 2.05) is 0 Å². The highest BCUT2D eigenvalue weighted by molar-refractivity contribution is 5.94. The molecular weight excluding hydrogens is 328 g/mol. The smallest absolute Gasteiger partial charge is 0.306 e. The third-order valence-corrected chi connectivity index (χ3v) is 4.29. The highest BCUT2D eigenvalue weighted by atomic mass is 16.6. The van der Waals surface area contributed by atoms with Crippen molar-refractivity contribution in [2.75, 3.05) is 13.1 Å². The summed E-state index contributed by atoms with van der Waals surface area (Å²) in [6, 6.07) is 5.85. The molecule has 9 heteroatoms. The SMILES string of the molecule is O=C(O)C1CCN(C(=O)c2cnn(-c3ccc([N+](=O)[O-])cc3)c2)CC1. The fourth-order valence-electron chi connectivity index (χ4n) is 2.81. The van der Waals surface area contributed by atoms with Crippen LogP contribution < -0.4 is 0 Å². The number of aromatic nitrogens is 2. The number of hydrogen-bond acceptors (Lipinski definition) is 5. The molecule has 1 aliphatic heterocycles. The molecule has 0 unspecified atom stereocenters. The maximum atomic E-state index is 12.5. The Morgan fingerprint density at radius 1 is 1.20 bits per heavy atom. The number of nitrogens with zero attached hydrogens (tertiary/aromatic N) is 4. The molecule has 0 saturated carbocycles. The molecule has 9 nitrogen and oxygen atoms in total. The van der Waals surface area contributed by atoms with E-state index in [9.17, 15) is 19.7 Å². The number of likely N-dealkylation sites (tertiary alicyclic amines) is 1. The largest absolute Gasteiger partial charge is 0.481 e. The van der Waals surface area contributed by atoms with Crippen LogP contribution in [0.25, 0.3) is 5.69 Å². The molecule has 0 aliphatic carbocycles. The fourth-order valence-corrected chi connectivity index (χ4v) is 2.81. The lowest BCUT2D eigenvalue weighted by atomic mass is 9.97. The molecule has 1 saturated heterocycles. The third-order valence-electron chi connectivity index (χ3n) is 4.29. The zero-order valence-corrected chi connectivity index (χ0v) is 13.2. The summed E-state index contributed by atoms with van der Waals surface area (Å²) in [4.78, 5) is 35.3. The molecule has 2 aromatic rings. The van der Waals surface area contributed by atoms with Crippen LogP contribution in [0.5, 0.6) is 0 Å². The number of carboxylic acid groups (broad SMARTS) is 1. The molecule has 0 radical (unpaired) electrons. The van der Waals surface area contributed by atoms with E-state index in [0.29, 0.717) is 37.2 Å². The molecule has 0 atom stereocenters. The Hall–Kier alpha value is -3.23. The zero-order valence-electron chi connectivity index (χ0n) is 13.2. The van der Waals surface area contributed by atoms with E-state index in [1.54, 1.807) is 23.2 Å². The lowest BCUT2D eigenvalue weighted by molar-refractivity contribution is -0.384. The number of nitro groups is 1. The maximum absolute atomic E-state index is 12.5. The van der Waals surface area contributed by atoms with Crippen LogP contribution in [0.4, 0.5) is 5.69 Å². The molecule has 2 heterocycles. The van der Waals surface area contributed by atoms with Gasteiger partial charge in [-0.05, 0) is 25.0 Å². The van der Waals surface area contributed by atoms with Crippen molar-refractivity contribution in [1.82, 2.24) is 14.7 Å². The van der Waals surface area contributed by atoms with E-state index in [0.717, 1.165) is 0 Å². The van der Waals surface area contributed by atoms with Crippen LogP contribution in [-0.4, -0.2) is 49.7 Å². The molecule has 1 N–H and O–H groups in total. The first-order chi connectivity index (χ1) is 12.0. The molecule has 1 aromatic heterocycles. The third kappa shape index (κ3) is 3.49. The topological polar surface area (TPSA) is 119 Å². The number of aliphatic carboxylic acids is 1. The predicted octanol–water partition coefficient (Wildman–Crippen LogP) is 1.72. The summed E-state index contributed by atoms with van der Waals surface area (Å²) in [5.41, 5.74) is 0.981. The van der Waals surface area contributed by atoms with E-state index in [-0.39, 0.29) is 11.6 Å². The van der Waals surface area contributed by atoms with Gasteiger partial charge in [-0.15, -0.1) is 0 Å². The minimum absolute atomic E-state index is 0.0199. The summed E-state index contributed by atoms with van der Waals surface area (Å²) in [5.74, 6) is -1.41. The van der Waals surface area contributed by atoms with Gasteiger partial charge in [0.1, 0.15) is 0 Å². The van der Waals surface area contributed by atoms with Crippen molar-refractivity contribution in [2.24, 2.45) is 5.92 Å². The van der Waals surface area contributed by atoms with Gasteiger partial charge in [-0.3, -0.25) is 19.7 Å².